The zero-order valence-electron chi connectivity index (χ0n) is 17.2. The number of benzene rings is 1. The maximum Gasteiger partial charge on any atom is 0.481 e. The molecule has 1 aromatic heterocycles. The van der Waals surface area contributed by atoms with Crippen LogP contribution >= 0.6 is 15.6 Å². The van der Waals surface area contributed by atoms with Crippen LogP contribution in [-0.2, 0) is 35.7 Å². The smallest absolute Gasteiger partial charge is 0.387 e. The molecule has 1 fully saturated rings. The highest BCUT2D eigenvalue weighted by Gasteiger charge is 2.45. The van der Waals surface area contributed by atoms with Crippen molar-refractivity contribution in [3.05, 3.63) is 68.7 Å². The van der Waals surface area contributed by atoms with Gasteiger partial charge in [0, 0.05) is 18.8 Å². The number of aliphatic hydroxyl groups is 2. The summed E-state index contributed by atoms with van der Waals surface area (Å²) in [4.78, 5) is 51.6. The van der Waals surface area contributed by atoms with Crippen molar-refractivity contribution in [1.82, 2.24) is 9.13 Å². The number of rotatable bonds is 9. The Kier molecular flexibility index (Phi) is 8.05. The first-order valence-electron chi connectivity index (χ1n) is 9.60. The quantitative estimate of drug-likeness (QED) is 0.256. The molecule has 188 valence electrons. The van der Waals surface area contributed by atoms with Crippen LogP contribution in [0, 0.1) is 5.82 Å². The van der Waals surface area contributed by atoms with Gasteiger partial charge in [0.1, 0.15) is 24.1 Å². The van der Waals surface area contributed by atoms with Crippen LogP contribution < -0.4 is 11.2 Å². The van der Waals surface area contributed by atoms with Crippen LogP contribution in [0.4, 0.5) is 4.39 Å². The lowest BCUT2D eigenvalue weighted by Gasteiger charge is -2.19. The largest absolute Gasteiger partial charge is 0.481 e. The van der Waals surface area contributed by atoms with Gasteiger partial charge in [-0.3, -0.25) is 18.5 Å². The van der Waals surface area contributed by atoms with Gasteiger partial charge in [0.05, 0.1) is 6.61 Å². The van der Waals surface area contributed by atoms with Crippen LogP contribution in [0.3, 0.4) is 0 Å². The number of aliphatic hydroxyl groups excluding tert-OH is 2. The van der Waals surface area contributed by atoms with Crippen LogP contribution in [0.5, 0.6) is 0 Å². The van der Waals surface area contributed by atoms with Gasteiger partial charge in [0.2, 0.25) is 0 Å². The van der Waals surface area contributed by atoms with Crippen molar-refractivity contribution in [2.45, 2.75) is 37.5 Å². The molecule has 1 aliphatic heterocycles. The van der Waals surface area contributed by atoms with E-state index in [1.165, 1.54) is 18.2 Å². The molecular formula is C17H21FN2O12P2. The van der Waals surface area contributed by atoms with Gasteiger partial charge in [-0.05, 0) is 24.1 Å². The second-order valence-electron chi connectivity index (χ2n) is 7.26. The van der Waals surface area contributed by atoms with Crippen LogP contribution in [0.15, 0.2) is 46.1 Å². The monoisotopic (exact) mass is 526 g/mol. The fourth-order valence-electron chi connectivity index (χ4n) is 3.29. The first-order chi connectivity index (χ1) is 15.8. The van der Waals surface area contributed by atoms with Gasteiger partial charge in [-0.15, -0.1) is 0 Å². The van der Waals surface area contributed by atoms with Gasteiger partial charge in [-0.2, -0.15) is 4.31 Å². The van der Waals surface area contributed by atoms with Crippen molar-refractivity contribution < 1.29 is 52.0 Å². The number of hydrogen-bond donors (Lipinski definition) is 5. The van der Waals surface area contributed by atoms with Gasteiger partial charge < -0.3 is 29.6 Å². The lowest BCUT2D eigenvalue weighted by Crippen LogP contribution is -2.43. The van der Waals surface area contributed by atoms with Gasteiger partial charge in [-0.25, -0.2) is 18.3 Å². The predicted octanol–water partition coefficient (Wildman–Crippen LogP) is -0.763. The molecule has 5 atom stereocenters. The van der Waals surface area contributed by atoms with Crippen LogP contribution in [0.25, 0.3) is 0 Å². The van der Waals surface area contributed by atoms with Crippen molar-refractivity contribution in [1.29, 1.82) is 0 Å². The van der Waals surface area contributed by atoms with E-state index in [9.17, 15) is 38.2 Å². The molecule has 1 aliphatic rings. The van der Waals surface area contributed by atoms with E-state index >= 15 is 0 Å². The zero-order chi connectivity index (χ0) is 25.3. The number of aromatic nitrogens is 2. The third kappa shape index (κ3) is 6.55. The average molecular weight is 526 g/mol. The molecule has 0 bridgehead atoms. The Morgan fingerprint density at radius 3 is 2.44 bits per heavy atom. The molecule has 2 aromatic rings. The number of nitrogens with zero attached hydrogens (tertiary/aromatic N) is 2. The molecule has 34 heavy (non-hydrogen) atoms. The summed E-state index contributed by atoms with van der Waals surface area (Å²) in [7, 11) is -10.6. The van der Waals surface area contributed by atoms with Gasteiger partial charge in [-0.1, -0.05) is 12.1 Å². The molecule has 1 unspecified atom stereocenters. The summed E-state index contributed by atoms with van der Waals surface area (Å²) in [5, 5.41) is 20.5. The van der Waals surface area contributed by atoms with Crippen molar-refractivity contribution in [2.24, 2.45) is 0 Å². The summed E-state index contributed by atoms with van der Waals surface area (Å²) in [6.45, 7) is -1.08. The molecule has 14 nitrogen and oxygen atoms in total. The first kappa shape index (κ1) is 26.6. The second-order valence-corrected chi connectivity index (χ2v) is 10.1. The van der Waals surface area contributed by atoms with E-state index < -0.39 is 63.9 Å². The molecule has 0 saturated carbocycles. The minimum absolute atomic E-state index is 0.132. The second kappa shape index (κ2) is 10.3. The first-order valence-corrected chi connectivity index (χ1v) is 12.6. The molecule has 0 radical (unpaired) electrons. The van der Waals surface area contributed by atoms with E-state index in [1.807, 2.05) is 0 Å². The van der Waals surface area contributed by atoms with Gasteiger partial charge in [0.25, 0.3) is 5.56 Å². The maximum atomic E-state index is 13.4. The number of phosphoric ester groups is 1. The molecule has 5 N–H and O–H groups in total. The summed E-state index contributed by atoms with van der Waals surface area (Å²) in [5.74, 6) is -0.487. The number of hydrogen-bond acceptors (Lipinski definition) is 9. The summed E-state index contributed by atoms with van der Waals surface area (Å²) >= 11 is 0. The Morgan fingerprint density at radius 2 is 1.79 bits per heavy atom. The Labute approximate surface area is 190 Å². The molecule has 0 aliphatic carbocycles. The average Bonchev–Trinajstić information content (AvgIpc) is 2.99. The van der Waals surface area contributed by atoms with Crippen molar-refractivity contribution >= 4 is 15.6 Å². The number of halogens is 1. The molecule has 0 amide bonds. The third-order valence-electron chi connectivity index (χ3n) is 4.83. The Bertz CT molecular complexity index is 1240. The molecule has 3 rings (SSSR count). The van der Waals surface area contributed by atoms with E-state index in [4.69, 9.17) is 14.5 Å². The topological polar surface area (TPSA) is 207 Å². The standard InChI is InChI=1S/C17H21FN2O12P2/c18-11-3-1-2-10(8-11)4-6-19-13(21)5-7-20(17(19)24)16-15(23)14(22)12(31-16)9-30-34(28,29)32-33(25,26)27/h1-3,5,7-8,12,14-16,22-23H,4,6,9H2,(H,28,29)(H2,25,26,27)/t12-,14+,15+,16-/m1/s1. The van der Waals surface area contributed by atoms with Gasteiger partial charge >= 0.3 is 21.3 Å². The van der Waals surface area contributed by atoms with E-state index in [0.29, 0.717) is 5.56 Å². The van der Waals surface area contributed by atoms with Crippen molar-refractivity contribution in [3.8, 4) is 0 Å². The van der Waals surface area contributed by atoms with E-state index in [2.05, 4.69) is 8.83 Å². The molecule has 1 saturated heterocycles. The van der Waals surface area contributed by atoms with E-state index in [-0.39, 0.29) is 13.0 Å². The highest BCUT2D eigenvalue weighted by atomic mass is 31.3. The highest BCUT2D eigenvalue weighted by Crippen LogP contribution is 2.57. The number of phosphoric acid groups is 2. The Hall–Kier alpha value is -2.03. The normalized spacial score (nSPS) is 24.8. The lowest BCUT2D eigenvalue weighted by molar-refractivity contribution is -0.0548. The molecular weight excluding hydrogens is 505 g/mol. The molecule has 0 spiro atoms. The lowest BCUT2D eigenvalue weighted by atomic mass is 10.1. The van der Waals surface area contributed by atoms with Crippen molar-refractivity contribution in [2.75, 3.05) is 6.61 Å². The van der Waals surface area contributed by atoms with Crippen LogP contribution in [0.1, 0.15) is 11.8 Å². The minimum atomic E-state index is -5.37. The van der Waals surface area contributed by atoms with Crippen molar-refractivity contribution in [3.63, 3.8) is 0 Å². The minimum Gasteiger partial charge on any atom is -0.387 e. The zero-order valence-corrected chi connectivity index (χ0v) is 18.9. The highest BCUT2D eigenvalue weighted by molar-refractivity contribution is 7.60. The SMILES string of the molecule is O=c1ccn([C@@H]2O[C@H](COP(=O)(O)OP(=O)(O)O)[C@H](O)[C@@H]2O)c(=O)n1CCc1cccc(F)c1. The van der Waals surface area contributed by atoms with Crippen LogP contribution in [0.2, 0.25) is 0 Å². The summed E-state index contributed by atoms with van der Waals surface area (Å²) in [6, 6.07) is 6.57. The number of aryl methyl sites for hydroxylation is 1. The number of ether oxygens (including phenoxy) is 1. The van der Waals surface area contributed by atoms with E-state index in [0.717, 1.165) is 21.4 Å². The van der Waals surface area contributed by atoms with E-state index in [1.54, 1.807) is 6.07 Å². The molecule has 1 aromatic carbocycles. The van der Waals surface area contributed by atoms with Crippen LogP contribution in [-0.4, -0.2) is 58.9 Å². The molecule has 2 heterocycles. The fraction of sp³-hybridized carbons (Fsp3) is 0.412. The molecule has 17 heteroatoms. The fourth-order valence-corrected chi connectivity index (χ4v) is 4.89. The predicted molar refractivity (Wildman–Crippen MR) is 110 cm³/mol. The summed E-state index contributed by atoms with van der Waals surface area (Å²) in [6.07, 6.45) is -5.41. The van der Waals surface area contributed by atoms with Gasteiger partial charge in [0.15, 0.2) is 6.23 Å². The Balaban J connectivity index is 1.76. The third-order valence-corrected chi connectivity index (χ3v) is 6.98. The Morgan fingerprint density at radius 1 is 1.09 bits per heavy atom. The summed E-state index contributed by atoms with van der Waals surface area (Å²) in [5.41, 5.74) is -1.07. The maximum absolute atomic E-state index is 13.4. The summed E-state index contributed by atoms with van der Waals surface area (Å²) < 4.78 is 50.6.